The van der Waals surface area contributed by atoms with Crippen LogP contribution in [0.5, 0.6) is 5.75 Å². The third kappa shape index (κ3) is 4.19. The van der Waals surface area contributed by atoms with E-state index in [-0.39, 0.29) is 11.8 Å². The molecule has 2 N–H and O–H groups in total. The normalized spacial score (nSPS) is 17.0. The lowest BCUT2D eigenvalue weighted by molar-refractivity contribution is -0.137. The monoisotopic (exact) mass is 292 g/mol. The van der Waals surface area contributed by atoms with Gasteiger partial charge >= 0.3 is 0 Å². The average Bonchev–Trinajstić information content (AvgIpc) is 2.54. The molecular weight excluding hydrogens is 268 g/mol. The topological polar surface area (TPSA) is 64.8 Å². The van der Waals surface area contributed by atoms with Crippen molar-refractivity contribution >= 4 is 5.91 Å². The number of hydrogen-bond acceptors (Lipinski definition) is 4. The van der Waals surface area contributed by atoms with Gasteiger partial charge in [0.05, 0.1) is 12.5 Å². The van der Waals surface area contributed by atoms with E-state index >= 15 is 0 Å². The zero-order valence-corrected chi connectivity index (χ0v) is 12.6. The van der Waals surface area contributed by atoms with Gasteiger partial charge in [-0.15, -0.1) is 0 Å². The van der Waals surface area contributed by atoms with Crippen molar-refractivity contribution in [2.45, 2.75) is 12.8 Å². The molecule has 0 aromatic heterocycles. The molecule has 1 heterocycles. The molecule has 116 valence electrons. The summed E-state index contributed by atoms with van der Waals surface area (Å²) in [5.74, 6) is 0.913. The van der Waals surface area contributed by atoms with Crippen LogP contribution in [0.2, 0.25) is 0 Å². The number of rotatable bonds is 7. The number of nitrogens with two attached hydrogens (primary N) is 1. The first-order valence-corrected chi connectivity index (χ1v) is 7.44. The maximum absolute atomic E-state index is 12.7. The van der Waals surface area contributed by atoms with Crippen molar-refractivity contribution in [2.24, 2.45) is 11.7 Å². The molecule has 0 saturated heterocycles. The molecule has 0 radical (unpaired) electrons. The molecule has 0 spiro atoms. The highest BCUT2D eigenvalue weighted by Gasteiger charge is 2.29. The summed E-state index contributed by atoms with van der Waals surface area (Å²) in [5.41, 5.74) is 6.66. The van der Waals surface area contributed by atoms with Crippen LogP contribution in [-0.4, -0.2) is 50.8 Å². The fourth-order valence-electron chi connectivity index (χ4n) is 2.56. The van der Waals surface area contributed by atoms with E-state index in [1.807, 2.05) is 29.2 Å². The smallest absolute Gasteiger partial charge is 0.229 e. The zero-order chi connectivity index (χ0) is 15.1. The minimum atomic E-state index is -0.116. The molecule has 1 amide bonds. The molecule has 0 saturated carbocycles. The predicted octanol–water partition coefficient (Wildman–Crippen LogP) is 1.06. The van der Waals surface area contributed by atoms with E-state index in [0.29, 0.717) is 32.8 Å². The second kappa shape index (κ2) is 8.00. The summed E-state index contributed by atoms with van der Waals surface area (Å²) in [7, 11) is 1.64. The van der Waals surface area contributed by atoms with Gasteiger partial charge in [-0.1, -0.05) is 18.2 Å². The van der Waals surface area contributed by atoms with E-state index in [9.17, 15) is 4.79 Å². The molecule has 1 aliphatic heterocycles. The fourth-order valence-corrected chi connectivity index (χ4v) is 2.56. The quantitative estimate of drug-likeness (QED) is 0.816. The van der Waals surface area contributed by atoms with E-state index in [2.05, 4.69) is 0 Å². The lowest BCUT2D eigenvalue weighted by Gasteiger charge is -2.30. The standard InChI is InChI=1S/C16H24N2O3/c1-20-10-9-18(8-4-7-17)16(19)14-11-13-5-2-3-6-15(13)21-12-14/h2-3,5-6,14H,4,7-12,17H2,1H3. The lowest BCUT2D eigenvalue weighted by atomic mass is 9.95. The maximum atomic E-state index is 12.7. The summed E-state index contributed by atoms with van der Waals surface area (Å²) in [6.45, 7) is 2.85. The van der Waals surface area contributed by atoms with Crippen LogP contribution in [0.15, 0.2) is 24.3 Å². The van der Waals surface area contributed by atoms with E-state index in [1.165, 1.54) is 0 Å². The van der Waals surface area contributed by atoms with Crippen molar-refractivity contribution in [1.82, 2.24) is 4.90 Å². The largest absolute Gasteiger partial charge is 0.492 e. The first-order valence-electron chi connectivity index (χ1n) is 7.44. The molecule has 0 fully saturated rings. The van der Waals surface area contributed by atoms with Crippen molar-refractivity contribution in [3.8, 4) is 5.75 Å². The fraction of sp³-hybridized carbons (Fsp3) is 0.562. The number of carbonyl (C=O) groups is 1. The predicted molar refractivity (Wildman–Crippen MR) is 81.3 cm³/mol. The number of amides is 1. The van der Waals surface area contributed by atoms with Crippen LogP contribution in [0.25, 0.3) is 0 Å². The average molecular weight is 292 g/mol. The Balaban J connectivity index is 2.00. The Morgan fingerprint density at radius 3 is 3.00 bits per heavy atom. The number of benzene rings is 1. The van der Waals surface area contributed by atoms with Crippen LogP contribution < -0.4 is 10.5 Å². The van der Waals surface area contributed by atoms with Crippen LogP contribution >= 0.6 is 0 Å². The maximum Gasteiger partial charge on any atom is 0.229 e. The highest BCUT2D eigenvalue weighted by Crippen LogP contribution is 2.27. The minimum Gasteiger partial charge on any atom is -0.492 e. The van der Waals surface area contributed by atoms with Gasteiger partial charge in [0.1, 0.15) is 12.4 Å². The van der Waals surface area contributed by atoms with Gasteiger partial charge in [-0.05, 0) is 31.0 Å². The van der Waals surface area contributed by atoms with Gasteiger partial charge in [-0.3, -0.25) is 4.79 Å². The molecule has 1 atom stereocenters. The van der Waals surface area contributed by atoms with E-state index < -0.39 is 0 Å². The molecule has 1 aromatic rings. The first-order chi connectivity index (χ1) is 10.3. The number of para-hydroxylation sites is 1. The number of methoxy groups -OCH3 is 1. The molecular formula is C16H24N2O3. The van der Waals surface area contributed by atoms with Crippen molar-refractivity contribution < 1.29 is 14.3 Å². The summed E-state index contributed by atoms with van der Waals surface area (Å²) >= 11 is 0. The Kier molecular flexibility index (Phi) is 6.02. The third-order valence-electron chi connectivity index (χ3n) is 3.74. The van der Waals surface area contributed by atoms with E-state index in [4.69, 9.17) is 15.2 Å². The van der Waals surface area contributed by atoms with Crippen LogP contribution in [0, 0.1) is 5.92 Å². The number of fused-ring (bicyclic) bond motifs is 1. The van der Waals surface area contributed by atoms with Gasteiger partial charge in [0, 0.05) is 20.2 Å². The Labute approximate surface area is 126 Å². The van der Waals surface area contributed by atoms with Gasteiger partial charge in [0.25, 0.3) is 0 Å². The first kappa shape index (κ1) is 15.8. The number of nitrogens with zero attached hydrogens (tertiary/aromatic N) is 1. The van der Waals surface area contributed by atoms with Crippen LogP contribution in [0.1, 0.15) is 12.0 Å². The highest BCUT2D eigenvalue weighted by atomic mass is 16.5. The summed E-state index contributed by atoms with van der Waals surface area (Å²) in [4.78, 5) is 14.5. The minimum absolute atomic E-state index is 0.116. The summed E-state index contributed by atoms with van der Waals surface area (Å²) in [6.07, 6.45) is 1.54. The van der Waals surface area contributed by atoms with Crippen LogP contribution in [-0.2, 0) is 16.0 Å². The molecule has 5 heteroatoms. The van der Waals surface area contributed by atoms with Crippen molar-refractivity contribution in [2.75, 3.05) is 40.0 Å². The van der Waals surface area contributed by atoms with Gasteiger partial charge in [0.15, 0.2) is 0 Å². The van der Waals surface area contributed by atoms with Crippen molar-refractivity contribution in [3.05, 3.63) is 29.8 Å². The molecule has 0 aliphatic carbocycles. The van der Waals surface area contributed by atoms with Crippen LogP contribution in [0.4, 0.5) is 0 Å². The van der Waals surface area contributed by atoms with Crippen molar-refractivity contribution in [3.63, 3.8) is 0 Å². The van der Waals surface area contributed by atoms with Crippen LogP contribution in [0.3, 0.4) is 0 Å². The van der Waals surface area contributed by atoms with E-state index in [0.717, 1.165) is 24.2 Å². The molecule has 1 aromatic carbocycles. The molecule has 21 heavy (non-hydrogen) atoms. The number of carbonyl (C=O) groups excluding carboxylic acids is 1. The van der Waals surface area contributed by atoms with E-state index in [1.54, 1.807) is 7.11 Å². The second-order valence-corrected chi connectivity index (χ2v) is 5.28. The molecule has 1 unspecified atom stereocenters. The molecule has 1 aliphatic rings. The van der Waals surface area contributed by atoms with Gasteiger partial charge < -0.3 is 20.1 Å². The zero-order valence-electron chi connectivity index (χ0n) is 12.6. The summed E-state index contributed by atoms with van der Waals surface area (Å²) < 4.78 is 10.8. The Hall–Kier alpha value is -1.59. The van der Waals surface area contributed by atoms with Gasteiger partial charge in [-0.25, -0.2) is 0 Å². The summed E-state index contributed by atoms with van der Waals surface area (Å²) in [6, 6.07) is 7.90. The third-order valence-corrected chi connectivity index (χ3v) is 3.74. The Morgan fingerprint density at radius 1 is 1.43 bits per heavy atom. The van der Waals surface area contributed by atoms with Gasteiger partial charge in [-0.2, -0.15) is 0 Å². The SMILES string of the molecule is COCCN(CCCN)C(=O)C1COc2ccccc2C1. The van der Waals surface area contributed by atoms with Crippen molar-refractivity contribution in [1.29, 1.82) is 0 Å². The number of hydrogen-bond donors (Lipinski definition) is 1. The second-order valence-electron chi connectivity index (χ2n) is 5.28. The highest BCUT2D eigenvalue weighted by molar-refractivity contribution is 5.79. The Morgan fingerprint density at radius 2 is 2.24 bits per heavy atom. The molecule has 2 rings (SSSR count). The summed E-state index contributed by atoms with van der Waals surface area (Å²) in [5, 5.41) is 0. The molecule has 5 nitrogen and oxygen atoms in total. The lowest BCUT2D eigenvalue weighted by Crippen LogP contribution is -2.43. The molecule has 0 bridgehead atoms. The van der Waals surface area contributed by atoms with Gasteiger partial charge in [0.2, 0.25) is 5.91 Å². The number of ether oxygens (including phenoxy) is 2. The Bertz CT molecular complexity index is 457.